The minimum Gasteiger partial charge on any atom is -0.493 e. The highest BCUT2D eigenvalue weighted by molar-refractivity contribution is 5.95. The predicted octanol–water partition coefficient (Wildman–Crippen LogP) is 2.80. The third-order valence-electron chi connectivity index (χ3n) is 4.73. The number of nitrogens with zero attached hydrogens (tertiary/aromatic N) is 1. The van der Waals surface area contributed by atoms with E-state index in [9.17, 15) is 9.59 Å². The molecule has 142 valence electrons. The minimum absolute atomic E-state index is 0.135. The lowest BCUT2D eigenvalue weighted by Gasteiger charge is -2.25. The molecule has 6 nitrogen and oxygen atoms in total. The number of hydrogen-bond acceptors (Lipinski definition) is 4. The van der Waals surface area contributed by atoms with E-state index in [-0.39, 0.29) is 17.9 Å². The molecule has 1 fully saturated rings. The number of ether oxygens (including phenoxy) is 2. The van der Waals surface area contributed by atoms with Crippen molar-refractivity contribution in [2.75, 3.05) is 27.3 Å². The highest BCUT2D eigenvalue weighted by Gasteiger charge is 2.25. The molecule has 2 aromatic carbocycles. The Morgan fingerprint density at radius 2 is 1.85 bits per heavy atom. The van der Waals surface area contributed by atoms with Crippen molar-refractivity contribution in [3.05, 3.63) is 59.7 Å². The molecule has 1 atom stereocenters. The van der Waals surface area contributed by atoms with Gasteiger partial charge in [0.2, 0.25) is 5.91 Å². The zero-order chi connectivity index (χ0) is 19.2. The van der Waals surface area contributed by atoms with Crippen LogP contribution >= 0.6 is 0 Å². The molecular weight excluding hydrogens is 344 g/mol. The molecule has 0 aromatic heterocycles. The fourth-order valence-corrected chi connectivity index (χ4v) is 3.26. The average molecular weight is 368 g/mol. The molecule has 6 heteroatoms. The number of carbonyl (C=O) groups is 2. The van der Waals surface area contributed by atoms with E-state index >= 15 is 0 Å². The fraction of sp³-hybridized carbons (Fsp3) is 0.333. The van der Waals surface area contributed by atoms with E-state index in [1.54, 1.807) is 25.3 Å². The summed E-state index contributed by atoms with van der Waals surface area (Å²) in [5.74, 6) is 0.972. The number of rotatable bonds is 7. The molecule has 0 bridgehead atoms. The second-order valence-corrected chi connectivity index (χ2v) is 6.45. The number of nitrogens with one attached hydrogen (secondary N) is 1. The van der Waals surface area contributed by atoms with Crippen molar-refractivity contribution in [3.63, 3.8) is 0 Å². The molecule has 2 amide bonds. The van der Waals surface area contributed by atoms with Crippen LogP contribution in [0, 0.1) is 0 Å². The molecule has 1 aliphatic rings. The van der Waals surface area contributed by atoms with Gasteiger partial charge in [0.25, 0.3) is 5.91 Å². The first-order valence-corrected chi connectivity index (χ1v) is 8.98. The van der Waals surface area contributed by atoms with E-state index in [1.165, 1.54) is 7.11 Å². The molecule has 1 heterocycles. The van der Waals surface area contributed by atoms with E-state index in [2.05, 4.69) is 5.32 Å². The van der Waals surface area contributed by atoms with Crippen molar-refractivity contribution < 1.29 is 19.1 Å². The SMILES string of the molecule is COc1ccc(C(=O)NC(CN2CCCC2=O)c2ccccc2)cc1OC. The van der Waals surface area contributed by atoms with Gasteiger partial charge < -0.3 is 19.7 Å². The standard InChI is InChI=1S/C21H24N2O4/c1-26-18-11-10-16(13-19(18)27-2)21(25)22-17(15-7-4-3-5-8-15)14-23-12-6-9-20(23)24/h3-5,7-8,10-11,13,17H,6,9,12,14H2,1-2H3,(H,22,25). The molecule has 0 aliphatic carbocycles. The molecule has 2 aromatic rings. The van der Waals surface area contributed by atoms with Crippen LogP contribution < -0.4 is 14.8 Å². The van der Waals surface area contributed by atoms with Crippen LogP contribution in [0.2, 0.25) is 0 Å². The molecule has 27 heavy (non-hydrogen) atoms. The first-order chi connectivity index (χ1) is 13.1. The Balaban J connectivity index is 1.81. The Hall–Kier alpha value is -3.02. The Labute approximate surface area is 159 Å². The minimum atomic E-state index is -0.283. The van der Waals surface area contributed by atoms with Gasteiger partial charge in [0.05, 0.1) is 20.3 Å². The van der Waals surface area contributed by atoms with Crippen LogP contribution in [0.4, 0.5) is 0 Å². The number of hydrogen-bond donors (Lipinski definition) is 1. The van der Waals surface area contributed by atoms with Gasteiger partial charge in [-0.15, -0.1) is 0 Å². The average Bonchev–Trinajstić information content (AvgIpc) is 3.12. The summed E-state index contributed by atoms with van der Waals surface area (Å²) < 4.78 is 10.5. The molecule has 3 rings (SSSR count). The molecule has 0 saturated carbocycles. The smallest absolute Gasteiger partial charge is 0.251 e. The number of carbonyl (C=O) groups excluding carboxylic acids is 2. The highest BCUT2D eigenvalue weighted by Crippen LogP contribution is 2.28. The molecule has 1 saturated heterocycles. The van der Waals surface area contributed by atoms with Gasteiger partial charge in [-0.2, -0.15) is 0 Å². The van der Waals surface area contributed by atoms with E-state index in [0.29, 0.717) is 30.0 Å². The third kappa shape index (κ3) is 4.39. The first-order valence-electron chi connectivity index (χ1n) is 8.98. The fourth-order valence-electron chi connectivity index (χ4n) is 3.26. The van der Waals surface area contributed by atoms with Crippen LogP contribution in [0.3, 0.4) is 0 Å². The van der Waals surface area contributed by atoms with Gasteiger partial charge >= 0.3 is 0 Å². The molecule has 1 aliphatic heterocycles. The zero-order valence-corrected chi connectivity index (χ0v) is 15.6. The van der Waals surface area contributed by atoms with Crippen molar-refractivity contribution in [1.82, 2.24) is 10.2 Å². The lowest BCUT2D eigenvalue weighted by Crippen LogP contribution is -2.38. The largest absolute Gasteiger partial charge is 0.493 e. The van der Waals surface area contributed by atoms with Gasteiger partial charge in [0.15, 0.2) is 11.5 Å². The maximum atomic E-state index is 12.8. The third-order valence-corrected chi connectivity index (χ3v) is 4.73. The van der Waals surface area contributed by atoms with Gasteiger partial charge in [-0.25, -0.2) is 0 Å². The Morgan fingerprint density at radius 1 is 1.11 bits per heavy atom. The van der Waals surface area contributed by atoms with Crippen molar-refractivity contribution in [3.8, 4) is 11.5 Å². The summed E-state index contributed by atoms with van der Waals surface area (Å²) in [6, 6.07) is 14.5. The summed E-state index contributed by atoms with van der Waals surface area (Å²) in [6.45, 7) is 1.19. The molecule has 1 unspecified atom stereocenters. The van der Waals surface area contributed by atoms with Crippen LogP contribution in [-0.4, -0.2) is 44.0 Å². The molecular formula is C21H24N2O4. The van der Waals surface area contributed by atoms with Crippen molar-refractivity contribution in [2.45, 2.75) is 18.9 Å². The van der Waals surface area contributed by atoms with Crippen molar-refractivity contribution in [2.24, 2.45) is 0 Å². The summed E-state index contributed by atoms with van der Waals surface area (Å²) in [7, 11) is 3.08. The normalized spacial score (nSPS) is 14.7. The maximum Gasteiger partial charge on any atom is 0.251 e. The van der Waals surface area contributed by atoms with Gasteiger partial charge in [-0.3, -0.25) is 9.59 Å². The van der Waals surface area contributed by atoms with Gasteiger partial charge in [-0.1, -0.05) is 30.3 Å². The Bertz CT molecular complexity index is 807. The van der Waals surface area contributed by atoms with Crippen LogP contribution in [-0.2, 0) is 4.79 Å². The Kier molecular flexibility index (Phi) is 5.96. The van der Waals surface area contributed by atoms with Crippen molar-refractivity contribution in [1.29, 1.82) is 0 Å². The van der Waals surface area contributed by atoms with Gasteiger partial charge in [-0.05, 0) is 30.2 Å². The highest BCUT2D eigenvalue weighted by atomic mass is 16.5. The summed E-state index contributed by atoms with van der Waals surface area (Å²) in [5, 5.41) is 3.06. The molecule has 1 N–H and O–H groups in total. The van der Waals surface area contributed by atoms with Crippen LogP contribution in [0.1, 0.15) is 34.8 Å². The second-order valence-electron chi connectivity index (χ2n) is 6.45. The first kappa shape index (κ1) is 18.8. The monoisotopic (exact) mass is 368 g/mol. The molecule has 0 spiro atoms. The van der Waals surface area contributed by atoms with E-state index < -0.39 is 0 Å². The summed E-state index contributed by atoms with van der Waals surface area (Å²) in [6.07, 6.45) is 1.44. The van der Waals surface area contributed by atoms with Crippen molar-refractivity contribution >= 4 is 11.8 Å². The lowest BCUT2D eigenvalue weighted by atomic mass is 10.1. The predicted molar refractivity (Wildman–Crippen MR) is 102 cm³/mol. The van der Waals surface area contributed by atoms with E-state index in [1.807, 2.05) is 35.2 Å². The number of likely N-dealkylation sites (tertiary alicyclic amines) is 1. The topological polar surface area (TPSA) is 67.9 Å². The summed E-state index contributed by atoms with van der Waals surface area (Å²) in [5.41, 5.74) is 1.44. The quantitative estimate of drug-likeness (QED) is 0.816. The summed E-state index contributed by atoms with van der Waals surface area (Å²) in [4.78, 5) is 26.7. The number of amides is 2. The van der Waals surface area contributed by atoms with Crippen LogP contribution in [0.25, 0.3) is 0 Å². The molecule has 0 radical (unpaired) electrons. The van der Waals surface area contributed by atoms with E-state index in [4.69, 9.17) is 9.47 Å². The van der Waals surface area contributed by atoms with Crippen LogP contribution in [0.5, 0.6) is 11.5 Å². The summed E-state index contributed by atoms with van der Waals surface area (Å²) >= 11 is 0. The number of methoxy groups -OCH3 is 2. The Morgan fingerprint density at radius 3 is 2.48 bits per heavy atom. The lowest BCUT2D eigenvalue weighted by molar-refractivity contribution is -0.128. The van der Waals surface area contributed by atoms with Gasteiger partial charge in [0, 0.05) is 25.1 Å². The second kappa shape index (κ2) is 8.58. The maximum absolute atomic E-state index is 12.8. The van der Waals surface area contributed by atoms with Gasteiger partial charge in [0.1, 0.15) is 0 Å². The zero-order valence-electron chi connectivity index (χ0n) is 15.6. The van der Waals surface area contributed by atoms with Crippen LogP contribution in [0.15, 0.2) is 48.5 Å². The van der Waals surface area contributed by atoms with E-state index in [0.717, 1.165) is 18.5 Å². The number of benzene rings is 2.